The van der Waals surface area contributed by atoms with Crippen LogP contribution in [0.25, 0.3) is 0 Å². The molecular weight excluding hydrogens is 335 g/mol. The van der Waals surface area contributed by atoms with Gasteiger partial charge in [-0.2, -0.15) is 0 Å². The van der Waals surface area contributed by atoms with Gasteiger partial charge in [-0.1, -0.05) is 38.8 Å². The molecule has 0 heterocycles. The third-order valence-electron chi connectivity index (χ3n) is 3.62. The van der Waals surface area contributed by atoms with Gasteiger partial charge in [0.05, 0.1) is 0 Å². The van der Waals surface area contributed by atoms with E-state index in [0.717, 1.165) is 16.5 Å². The van der Waals surface area contributed by atoms with Crippen molar-refractivity contribution in [1.29, 1.82) is 0 Å². The maximum absolute atomic E-state index is 13.2. The zero-order valence-electron chi connectivity index (χ0n) is 9.22. The Labute approximate surface area is 113 Å². The van der Waals surface area contributed by atoms with Gasteiger partial charge >= 0.3 is 0 Å². The quantitative estimate of drug-likeness (QED) is 0.663. The highest BCUT2D eigenvalue weighted by molar-refractivity contribution is 9.10. The van der Waals surface area contributed by atoms with Gasteiger partial charge < -0.3 is 0 Å². The van der Waals surface area contributed by atoms with Crippen molar-refractivity contribution in [3.8, 4) is 0 Å². The Kier molecular flexibility index (Phi) is 4.06. The second kappa shape index (κ2) is 5.18. The summed E-state index contributed by atoms with van der Waals surface area (Å²) in [7, 11) is 0. The zero-order valence-corrected chi connectivity index (χ0v) is 12.4. The Morgan fingerprint density at radius 3 is 2.75 bits per heavy atom. The Bertz CT molecular complexity index is 378. The highest BCUT2D eigenvalue weighted by Crippen LogP contribution is 2.39. The average molecular weight is 350 g/mol. The molecule has 3 atom stereocenters. The van der Waals surface area contributed by atoms with Gasteiger partial charge in [-0.05, 0) is 54.9 Å². The van der Waals surface area contributed by atoms with Crippen LogP contribution >= 0.6 is 31.9 Å². The fourth-order valence-corrected chi connectivity index (χ4v) is 3.57. The molecule has 0 aliphatic heterocycles. The van der Waals surface area contributed by atoms with E-state index in [0.29, 0.717) is 16.7 Å². The van der Waals surface area contributed by atoms with E-state index in [9.17, 15) is 4.39 Å². The van der Waals surface area contributed by atoms with Crippen LogP contribution in [0.4, 0.5) is 4.39 Å². The highest BCUT2D eigenvalue weighted by Gasteiger charge is 2.31. The van der Waals surface area contributed by atoms with Gasteiger partial charge in [-0.25, -0.2) is 4.39 Å². The molecule has 1 aromatic carbocycles. The van der Waals surface area contributed by atoms with Crippen LogP contribution in [0, 0.1) is 17.7 Å². The lowest BCUT2D eigenvalue weighted by atomic mass is 9.91. The van der Waals surface area contributed by atoms with E-state index >= 15 is 0 Å². The molecule has 1 aromatic rings. The molecule has 16 heavy (non-hydrogen) atoms. The molecule has 3 heteroatoms. The molecule has 1 saturated carbocycles. The lowest BCUT2D eigenvalue weighted by Crippen LogP contribution is -2.13. The van der Waals surface area contributed by atoms with Crippen LogP contribution in [-0.2, 0) is 6.42 Å². The average Bonchev–Trinajstić information content (AvgIpc) is 2.55. The Hall–Kier alpha value is 0.110. The molecule has 0 nitrogen and oxygen atoms in total. The van der Waals surface area contributed by atoms with Crippen molar-refractivity contribution < 1.29 is 4.39 Å². The van der Waals surface area contributed by atoms with Crippen molar-refractivity contribution >= 4 is 31.9 Å². The first kappa shape index (κ1) is 12.6. The van der Waals surface area contributed by atoms with Crippen molar-refractivity contribution in [3.05, 3.63) is 34.1 Å². The zero-order chi connectivity index (χ0) is 11.7. The molecular formula is C13H15Br2F. The smallest absolute Gasteiger partial charge is 0.123 e. The minimum atomic E-state index is -0.140. The first-order valence-electron chi connectivity index (χ1n) is 5.66. The lowest BCUT2D eigenvalue weighted by molar-refractivity contribution is 0.422. The predicted octanol–water partition coefficient (Wildman–Crippen LogP) is 4.94. The molecule has 1 aliphatic carbocycles. The standard InChI is InChI=1S/C13H15Br2F/c1-8-9(2-4-12(8)14)6-10-7-11(16)3-5-13(10)15/h3,5,7-9,12H,2,4,6H2,1H3. The number of hydrogen-bond donors (Lipinski definition) is 0. The van der Waals surface area contributed by atoms with Gasteiger partial charge in [0.2, 0.25) is 0 Å². The van der Waals surface area contributed by atoms with Crippen molar-refractivity contribution in [2.45, 2.75) is 31.0 Å². The molecule has 1 aliphatic rings. The van der Waals surface area contributed by atoms with Crippen LogP contribution in [0.2, 0.25) is 0 Å². The topological polar surface area (TPSA) is 0 Å². The number of rotatable bonds is 2. The van der Waals surface area contributed by atoms with E-state index in [1.165, 1.54) is 18.9 Å². The SMILES string of the molecule is CC1C(Br)CCC1Cc1cc(F)ccc1Br. The molecule has 0 amide bonds. The molecule has 88 valence electrons. The van der Waals surface area contributed by atoms with Crippen molar-refractivity contribution in [2.75, 3.05) is 0 Å². The summed E-state index contributed by atoms with van der Waals surface area (Å²) in [6.45, 7) is 2.28. The number of halogens is 3. The van der Waals surface area contributed by atoms with Gasteiger partial charge in [0.15, 0.2) is 0 Å². The Morgan fingerprint density at radius 1 is 1.38 bits per heavy atom. The Morgan fingerprint density at radius 2 is 2.12 bits per heavy atom. The molecule has 0 N–H and O–H groups in total. The maximum atomic E-state index is 13.2. The summed E-state index contributed by atoms with van der Waals surface area (Å²) in [5.74, 6) is 1.21. The van der Waals surface area contributed by atoms with Gasteiger partial charge in [0.1, 0.15) is 5.82 Å². The minimum absolute atomic E-state index is 0.140. The largest absolute Gasteiger partial charge is 0.207 e. The second-order valence-corrected chi connectivity index (χ2v) is 6.68. The predicted molar refractivity (Wildman–Crippen MR) is 72.4 cm³/mol. The summed E-state index contributed by atoms with van der Waals surface area (Å²) < 4.78 is 14.2. The summed E-state index contributed by atoms with van der Waals surface area (Å²) in [6, 6.07) is 4.95. The van der Waals surface area contributed by atoms with Crippen molar-refractivity contribution in [3.63, 3.8) is 0 Å². The van der Waals surface area contributed by atoms with Gasteiger partial charge in [-0.15, -0.1) is 0 Å². The molecule has 0 bridgehead atoms. The molecule has 0 saturated heterocycles. The minimum Gasteiger partial charge on any atom is -0.207 e. The number of alkyl halides is 1. The summed E-state index contributed by atoms with van der Waals surface area (Å²) in [5.41, 5.74) is 1.10. The normalized spacial score (nSPS) is 29.6. The van der Waals surface area contributed by atoms with E-state index < -0.39 is 0 Å². The van der Waals surface area contributed by atoms with Crippen LogP contribution in [0.3, 0.4) is 0 Å². The fourth-order valence-electron chi connectivity index (χ4n) is 2.46. The van der Waals surface area contributed by atoms with Crippen molar-refractivity contribution in [2.24, 2.45) is 11.8 Å². The van der Waals surface area contributed by atoms with Crippen LogP contribution in [0.15, 0.2) is 22.7 Å². The Balaban J connectivity index is 2.12. The van der Waals surface area contributed by atoms with Crippen LogP contribution in [0.5, 0.6) is 0 Å². The van der Waals surface area contributed by atoms with E-state index in [4.69, 9.17) is 0 Å². The van der Waals surface area contributed by atoms with Gasteiger partial charge in [-0.3, -0.25) is 0 Å². The molecule has 0 aromatic heterocycles. The summed E-state index contributed by atoms with van der Waals surface area (Å²) in [5, 5.41) is 0. The third-order valence-corrected chi connectivity index (χ3v) is 5.68. The summed E-state index contributed by atoms with van der Waals surface area (Å²) in [4.78, 5) is 0.629. The molecule has 1 fully saturated rings. The molecule has 3 unspecified atom stereocenters. The van der Waals surface area contributed by atoms with E-state index in [1.54, 1.807) is 12.1 Å². The van der Waals surface area contributed by atoms with Gasteiger partial charge in [0, 0.05) is 9.30 Å². The molecule has 0 radical (unpaired) electrons. The summed E-state index contributed by atoms with van der Waals surface area (Å²) >= 11 is 7.20. The number of benzene rings is 1. The maximum Gasteiger partial charge on any atom is 0.123 e. The van der Waals surface area contributed by atoms with Crippen LogP contribution in [-0.4, -0.2) is 4.83 Å². The first-order chi connectivity index (χ1) is 7.58. The van der Waals surface area contributed by atoms with Crippen LogP contribution in [0.1, 0.15) is 25.3 Å². The monoisotopic (exact) mass is 348 g/mol. The summed E-state index contributed by atoms with van der Waals surface area (Å²) in [6.07, 6.45) is 3.44. The number of hydrogen-bond acceptors (Lipinski definition) is 0. The lowest BCUT2D eigenvalue weighted by Gasteiger charge is -2.18. The van der Waals surface area contributed by atoms with E-state index in [1.807, 2.05) is 0 Å². The fraction of sp³-hybridized carbons (Fsp3) is 0.538. The van der Waals surface area contributed by atoms with Gasteiger partial charge in [0.25, 0.3) is 0 Å². The van der Waals surface area contributed by atoms with Crippen LogP contribution < -0.4 is 0 Å². The molecule has 0 spiro atoms. The van der Waals surface area contributed by atoms with E-state index in [2.05, 4.69) is 38.8 Å². The first-order valence-corrected chi connectivity index (χ1v) is 7.37. The molecule has 2 rings (SSSR count). The highest BCUT2D eigenvalue weighted by atomic mass is 79.9. The van der Waals surface area contributed by atoms with E-state index in [-0.39, 0.29) is 5.82 Å². The second-order valence-electron chi connectivity index (χ2n) is 4.65. The third kappa shape index (κ3) is 2.67. The van der Waals surface area contributed by atoms with Crippen molar-refractivity contribution in [1.82, 2.24) is 0 Å².